The van der Waals surface area contributed by atoms with Gasteiger partial charge in [0.05, 0.1) is 18.2 Å². The van der Waals surface area contributed by atoms with Gasteiger partial charge >= 0.3 is 0 Å². The van der Waals surface area contributed by atoms with Gasteiger partial charge in [-0.2, -0.15) is 0 Å². The minimum Gasteiger partial charge on any atom is -0.354 e. The van der Waals surface area contributed by atoms with Crippen LogP contribution in [-0.4, -0.2) is 14.7 Å². The molecule has 2 aromatic heterocycles. The van der Waals surface area contributed by atoms with Gasteiger partial charge in [0, 0.05) is 13.1 Å². The predicted molar refractivity (Wildman–Crippen MR) is 43.4 cm³/mol. The summed E-state index contributed by atoms with van der Waals surface area (Å²) in [4.78, 5) is 3.98. The molecular formula is C8H9N3O. The van der Waals surface area contributed by atoms with Crippen LogP contribution >= 0.6 is 0 Å². The highest BCUT2D eigenvalue weighted by molar-refractivity contribution is 5.51. The minimum atomic E-state index is 0.757. The molecule has 0 aliphatic rings. The van der Waals surface area contributed by atoms with E-state index in [0.29, 0.717) is 0 Å². The van der Waals surface area contributed by atoms with Crippen LogP contribution in [0.5, 0.6) is 0 Å². The summed E-state index contributed by atoms with van der Waals surface area (Å²) >= 11 is 0. The third kappa shape index (κ3) is 1.01. The topological polar surface area (TPSA) is 43.9 Å². The van der Waals surface area contributed by atoms with Crippen LogP contribution in [-0.2, 0) is 7.05 Å². The third-order valence-electron chi connectivity index (χ3n) is 1.70. The van der Waals surface area contributed by atoms with Gasteiger partial charge in [0.2, 0.25) is 0 Å². The van der Waals surface area contributed by atoms with Crippen molar-refractivity contribution in [2.24, 2.45) is 7.05 Å². The molecule has 4 heteroatoms. The lowest BCUT2D eigenvalue weighted by Gasteiger charge is -1.93. The van der Waals surface area contributed by atoms with Crippen molar-refractivity contribution >= 4 is 0 Å². The van der Waals surface area contributed by atoms with Gasteiger partial charge < -0.3 is 9.09 Å². The van der Waals surface area contributed by atoms with Crippen molar-refractivity contribution in [1.82, 2.24) is 14.7 Å². The van der Waals surface area contributed by atoms with E-state index in [9.17, 15) is 0 Å². The molecule has 0 saturated heterocycles. The highest BCUT2D eigenvalue weighted by Gasteiger charge is 2.06. The number of imidazole rings is 1. The Morgan fingerprint density at radius 3 is 2.83 bits per heavy atom. The van der Waals surface area contributed by atoms with E-state index in [1.165, 1.54) is 0 Å². The van der Waals surface area contributed by atoms with Crippen LogP contribution in [0.25, 0.3) is 11.5 Å². The number of rotatable bonds is 1. The van der Waals surface area contributed by atoms with Crippen molar-refractivity contribution in [2.75, 3.05) is 0 Å². The molecule has 0 amide bonds. The first-order chi connectivity index (χ1) is 5.77. The van der Waals surface area contributed by atoms with Crippen LogP contribution in [0.4, 0.5) is 0 Å². The molecule has 0 fully saturated rings. The van der Waals surface area contributed by atoms with Crippen LogP contribution in [0.3, 0.4) is 0 Å². The lowest BCUT2D eigenvalue weighted by atomic mass is 10.3. The van der Waals surface area contributed by atoms with Crippen molar-refractivity contribution in [1.29, 1.82) is 0 Å². The molecule has 0 saturated carbocycles. The zero-order chi connectivity index (χ0) is 8.55. The molecule has 2 aromatic rings. The maximum atomic E-state index is 5.08. The summed E-state index contributed by atoms with van der Waals surface area (Å²) in [5.41, 5.74) is 1.82. The van der Waals surface area contributed by atoms with Gasteiger partial charge in [0.25, 0.3) is 0 Å². The number of aromatic nitrogens is 3. The number of nitrogens with zero attached hydrogens (tertiary/aromatic N) is 3. The SMILES string of the molecule is Cc1cc(-c2cncn2C)on1. The molecule has 0 N–H and O–H groups in total. The van der Waals surface area contributed by atoms with E-state index in [-0.39, 0.29) is 0 Å². The van der Waals surface area contributed by atoms with Gasteiger partial charge in [0.15, 0.2) is 5.76 Å². The Morgan fingerprint density at radius 2 is 2.33 bits per heavy atom. The van der Waals surface area contributed by atoms with E-state index in [0.717, 1.165) is 17.1 Å². The molecule has 0 aromatic carbocycles. The predicted octanol–water partition coefficient (Wildman–Crippen LogP) is 1.38. The van der Waals surface area contributed by atoms with Crippen molar-refractivity contribution in [2.45, 2.75) is 6.92 Å². The fourth-order valence-corrected chi connectivity index (χ4v) is 1.08. The summed E-state index contributed by atoms with van der Waals surface area (Å²) < 4.78 is 6.97. The maximum absolute atomic E-state index is 5.08. The normalized spacial score (nSPS) is 10.5. The lowest BCUT2D eigenvalue weighted by molar-refractivity contribution is 0.424. The Kier molecular flexibility index (Phi) is 1.46. The average Bonchev–Trinajstić information content (AvgIpc) is 2.58. The molecule has 2 rings (SSSR count). The van der Waals surface area contributed by atoms with Gasteiger partial charge in [0.1, 0.15) is 5.69 Å². The van der Waals surface area contributed by atoms with Gasteiger partial charge in [-0.1, -0.05) is 5.16 Å². The summed E-state index contributed by atoms with van der Waals surface area (Å²) in [6.07, 6.45) is 3.48. The Balaban J connectivity index is 2.50. The second-order valence-electron chi connectivity index (χ2n) is 2.72. The van der Waals surface area contributed by atoms with E-state index in [1.54, 1.807) is 12.5 Å². The second kappa shape index (κ2) is 2.48. The van der Waals surface area contributed by atoms with Gasteiger partial charge in [-0.3, -0.25) is 0 Å². The molecule has 2 heterocycles. The number of hydrogen-bond donors (Lipinski definition) is 0. The largest absolute Gasteiger partial charge is 0.354 e. The average molecular weight is 163 g/mol. The quantitative estimate of drug-likeness (QED) is 0.638. The Hall–Kier alpha value is -1.58. The van der Waals surface area contributed by atoms with Gasteiger partial charge in [-0.15, -0.1) is 0 Å². The van der Waals surface area contributed by atoms with E-state index in [4.69, 9.17) is 4.52 Å². The lowest BCUT2D eigenvalue weighted by Crippen LogP contribution is -1.86. The highest BCUT2D eigenvalue weighted by atomic mass is 16.5. The minimum absolute atomic E-state index is 0.757. The van der Waals surface area contributed by atoms with Crippen LogP contribution in [0.2, 0.25) is 0 Å². The maximum Gasteiger partial charge on any atom is 0.185 e. The van der Waals surface area contributed by atoms with E-state index in [1.807, 2.05) is 24.6 Å². The first kappa shape index (κ1) is 7.09. The first-order valence-corrected chi connectivity index (χ1v) is 3.67. The summed E-state index contributed by atoms with van der Waals surface area (Å²) in [6.45, 7) is 1.89. The van der Waals surface area contributed by atoms with Crippen LogP contribution in [0.1, 0.15) is 5.69 Å². The zero-order valence-electron chi connectivity index (χ0n) is 6.98. The molecule has 62 valence electrons. The number of aryl methyl sites for hydroxylation is 2. The van der Waals surface area contributed by atoms with E-state index >= 15 is 0 Å². The molecule has 0 aliphatic carbocycles. The second-order valence-corrected chi connectivity index (χ2v) is 2.72. The number of hydrogen-bond acceptors (Lipinski definition) is 3. The summed E-state index contributed by atoms with van der Waals surface area (Å²) in [6, 6.07) is 1.89. The molecule has 0 bridgehead atoms. The smallest absolute Gasteiger partial charge is 0.185 e. The fourth-order valence-electron chi connectivity index (χ4n) is 1.08. The Labute approximate surface area is 69.8 Å². The Bertz CT molecular complexity index is 388. The molecule has 12 heavy (non-hydrogen) atoms. The summed E-state index contributed by atoms with van der Waals surface area (Å²) in [7, 11) is 1.92. The molecule has 4 nitrogen and oxygen atoms in total. The highest BCUT2D eigenvalue weighted by Crippen LogP contribution is 2.18. The van der Waals surface area contributed by atoms with Gasteiger partial charge in [-0.25, -0.2) is 4.98 Å². The molecule has 0 unspecified atom stereocenters. The van der Waals surface area contributed by atoms with Crippen LogP contribution in [0, 0.1) is 6.92 Å². The standard InChI is InChI=1S/C8H9N3O/c1-6-3-8(12-10-6)7-4-9-5-11(7)2/h3-5H,1-2H3. The molecule has 0 radical (unpaired) electrons. The summed E-state index contributed by atoms with van der Waals surface area (Å²) in [5, 5.41) is 3.80. The molecule has 0 aliphatic heterocycles. The fraction of sp³-hybridized carbons (Fsp3) is 0.250. The first-order valence-electron chi connectivity index (χ1n) is 3.67. The van der Waals surface area contributed by atoms with Crippen molar-refractivity contribution in [3.05, 3.63) is 24.3 Å². The summed E-state index contributed by atoms with van der Waals surface area (Å²) in [5.74, 6) is 0.757. The molecule has 0 atom stereocenters. The van der Waals surface area contributed by atoms with Gasteiger partial charge in [-0.05, 0) is 6.92 Å². The van der Waals surface area contributed by atoms with E-state index < -0.39 is 0 Å². The molecule has 0 spiro atoms. The van der Waals surface area contributed by atoms with Crippen molar-refractivity contribution < 1.29 is 4.52 Å². The monoisotopic (exact) mass is 163 g/mol. The third-order valence-corrected chi connectivity index (χ3v) is 1.70. The van der Waals surface area contributed by atoms with Crippen LogP contribution < -0.4 is 0 Å². The van der Waals surface area contributed by atoms with Crippen molar-refractivity contribution in [3.8, 4) is 11.5 Å². The Morgan fingerprint density at radius 1 is 1.50 bits per heavy atom. The van der Waals surface area contributed by atoms with Crippen LogP contribution in [0.15, 0.2) is 23.1 Å². The molecular weight excluding hydrogens is 154 g/mol. The van der Waals surface area contributed by atoms with E-state index in [2.05, 4.69) is 10.1 Å². The van der Waals surface area contributed by atoms with Crippen molar-refractivity contribution in [3.63, 3.8) is 0 Å². The zero-order valence-corrected chi connectivity index (χ0v) is 6.98.